The molecule has 6 heteroatoms. The third-order valence-corrected chi connectivity index (χ3v) is 4.50. The number of carbonyl (C=O) groups excluding carboxylic acids is 2. The van der Waals surface area contributed by atoms with Gasteiger partial charge in [0.15, 0.2) is 5.78 Å². The lowest BCUT2D eigenvalue weighted by Gasteiger charge is -2.27. The minimum Gasteiger partial charge on any atom is -0.334 e. The van der Waals surface area contributed by atoms with Crippen molar-refractivity contribution < 1.29 is 9.59 Å². The highest BCUT2D eigenvalue weighted by Gasteiger charge is 2.17. The summed E-state index contributed by atoms with van der Waals surface area (Å²) < 4.78 is 0. The van der Waals surface area contributed by atoms with E-state index in [-0.39, 0.29) is 23.4 Å². The third-order valence-electron chi connectivity index (χ3n) is 4.50. The molecule has 0 radical (unpaired) electrons. The minimum atomic E-state index is -0.326. The summed E-state index contributed by atoms with van der Waals surface area (Å²) >= 11 is 0. The first-order valence-corrected chi connectivity index (χ1v) is 9.50. The average Bonchev–Trinajstić information content (AvgIpc) is 2.73. The first-order chi connectivity index (χ1) is 13.9. The van der Waals surface area contributed by atoms with E-state index < -0.39 is 0 Å². The number of nitrogens with one attached hydrogen (secondary N) is 1. The molecule has 0 fully saturated rings. The number of amides is 1. The van der Waals surface area contributed by atoms with Gasteiger partial charge in [0.1, 0.15) is 5.69 Å². The molecule has 1 N–H and O–H groups in total. The molecule has 2 aromatic carbocycles. The fraction of sp³-hybridized carbons (Fsp3) is 0.217. The lowest BCUT2D eigenvalue weighted by molar-refractivity contribution is 0.101. The van der Waals surface area contributed by atoms with Crippen molar-refractivity contribution in [1.82, 2.24) is 9.97 Å². The van der Waals surface area contributed by atoms with Crippen LogP contribution < -0.4 is 10.2 Å². The summed E-state index contributed by atoms with van der Waals surface area (Å²) in [7, 11) is 0. The normalized spacial score (nSPS) is 10.6. The van der Waals surface area contributed by atoms with Crippen LogP contribution in [0, 0.1) is 0 Å². The van der Waals surface area contributed by atoms with Gasteiger partial charge < -0.3 is 10.2 Å². The van der Waals surface area contributed by atoms with Crippen molar-refractivity contribution in [3.63, 3.8) is 0 Å². The fourth-order valence-electron chi connectivity index (χ4n) is 2.86. The van der Waals surface area contributed by atoms with E-state index in [0.29, 0.717) is 23.7 Å². The van der Waals surface area contributed by atoms with Crippen molar-refractivity contribution in [2.45, 2.75) is 33.4 Å². The number of carbonyl (C=O) groups is 2. The van der Waals surface area contributed by atoms with Crippen molar-refractivity contribution in [1.29, 1.82) is 0 Å². The number of hydrogen-bond donors (Lipinski definition) is 1. The van der Waals surface area contributed by atoms with Gasteiger partial charge in [0.05, 0.1) is 0 Å². The molecule has 0 atom stereocenters. The summed E-state index contributed by atoms with van der Waals surface area (Å²) in [6.45, 7) is 6.28. The molecule has 1 amide bonds. The van der Waals surface area contributed by atoms with Crippen LogP contribution in [0.1, 0.15) is 47.2 Å². The SMILES string of the molecule is CC(=O)c1ccc(NC(=O)c2ccnc(N(Cc3ccccc3)C(C)C)n2)cc1. The number of Topliss-reactive ketones (excluding diaryl/α,β-unsaturated/α-hetero) is 1. The van der Waals surface area contributed by atoms with Crippen LogP contribution in [0.3, 0.4) is 0 Å². The number of anilines is 2. The maximum atomic E-state index is 12.6. The lowest BCUT2D eigenvalue weighted by Crippen LogP contribution is -2.32. The lowest BCUT2D eigenvalue weighted by atomic mass is 10.1. The van der Waals surface area contributed by atoms with Gasteiger partial charge in [0, 0.05) is 30.0 Å². The van der Waals surface area contributed by atoms with Gasteiger partial charge in [-0.2, -0.15) is 0 Å². The zero-order valence-corrected chi connectivity index (χ0v) is 16.8. The van der Waals surface area contributed by atoms with Crippen LogP contribution in [-0.4, -0.2) is 27.7 Å². The molecule has 0 aliphatic carbocycles. The molecule has 3 rings (SSSR count). The summed E-state index contributed by atoms with van der Waals surface area (Å²) in [5.41, 5.74) is 2.63. The average molecular weight is 388 g/mol. The van der Waals surface area contributed by atoms with Crippen LogP contribution in [0.25, 0.3) is 0 Å². The molecule has 148 valence electrons. The van der Waals surface area contributed by atoms with E-state index in [1.54, 1.807) is 36.5 Å². The van der Waals surface area contributed by atoms with E-state index in [1.165, 1.54) is 6.92 Å². The molecular weight excluding hydrogens is 364 g/mol. The Kier molecular flexibility index (Phi) is 6.34. The number of rotatable bonds is 7. The summed E-state index contributed by atoms with van der Waals surface area (Å²) in [4.78, 5) is 34.9. The first-order valence-electron chi connectivity index (χ1n) is 9.50. The van der Waals surface area contributed by atoms with Crippen molar-refractivity contribution in [3.8, 4) is 0 Å². The topological polar surface area (TPSA) is 75.2 Å². The molecule has 0 aliphatic heterocycles. The van der Waals surface area contributed by atoms with E-state index >= 15 is 0 Å². The van der Waals surface area contributed by atoms with Gasteiger partial charge in [-0.1, -0.05) is 30.3 Å². The number of ketones is 1. The molecule has 0 bridgehead atoms. The molecule has 3 aromatic rings. The standard InChI is InChI=1S/C23H24N4O2/c1-16(2)27(15-18-7-5-4-6-8-18)23-24-14-13-21(26-23)22(29)25-20-11-9-19(10-12-20)17(3)28/h4-14,16H,15H2,1-3H3,(H,25,29). The monoisotopic (exact) mass is 388 g/mol. The van der Waals surface area contributed by atoms with E-state index in [9.17, 15) is 9.59 Å². The highest BCUT2D eigenvalue weighted by Crippen LogP contribution is 2.17. The zero-order chi connectivity index (χ0) is 20.8. The Morgan fingerprint density at radius 3 is 2.31 bits per heavy atom. The molecule has 29 heavy (non-hydrogen) atoms. The number of hydrogen-bond acceptors (Lipinski definition) is 5. The smallest absolute Gasteiger partial charge is 0.274 e. The van der Waals surface area contributed by atoms with Crippen LogP contribution in [0.5, 0.6) is 0 Å². The number of nitrogens with zero attached hydrogens (tertiary/aromatic N) is 3. The second-order valence-corrected chi connectivity index (χ2v) is 7.04. The number of aromatic nitrogens is 2. The summed E-state index contributed by atoms with van der Waals surface area (Å²) in [6.07, 6.45) is 1.59. The van der Waals surface area contributed by atoms with Crippen molar-refractivity contribution in [2.75, 3.05) is 10.2 Å². The summed E-state index contributed by atoms with van der Waals surface area (Å²) in [6, 6.07) is 18.6. The Labute approximate surface area is 170 Å². The Bertz CT molecular complexity index is 985. The van der Waals surface area contributed by atoms with Crippen molar-refractivity contribution in [3.05, 3.63) is 83.7 Å². The van der Waals surface area contributed by atoms with Crippen molar-refractivity contribution >= 4 is 23.3 Å². The zero-order valence-electron chi connectivity index (χ0n) is 16.8. The predicted molar refractivity (Wildman–Crippen MR) is 114 cm³/mol. The largest absolute Gasteiger partial charge is 0.334 e. The van der Waals surface area contributed by atoms with Crippen LogP contribution >= 0.6 is 0 Å². The molecule has 0 saturated heterocycles. The Hall–Kier alpha value is -3.54. The van der Waals surface area contributed by atoms with E-state index in [0.717, 1.165) is 5.56 Å². The van der Waals surface area contributed by atoms with Gasteiger partial charge in [0.2, 0.25) is 5.95 Å². The molecule has 0 saturated carbocycles. The summed E-state index contributed by atoms with van der Waals surface area (Å²) in [5, 5.41) is 2.81. The second-order valence-electron chi connectivity index (χ2n) is 7.04. The number of benzene rings is 2. The molecule has 1 aromatic heterocycles. The van der Waals surface area contributed by atoms with Crippen LogP contribution in [0.4, 0.5) is 11.6 Å². The third kappa shape index (κ3) is 5.25. The van der Waals surface area contributed by atoms with E-state index in [2.05, 4.69) is 41.3 Å². The molecule has 0 aliphatic rings. The minimum absolute atomic E-state index is 0.0180. The van der Waals surface area contributed by atoms with Gasteiger partial charge >= 0.3 is 0 Å². The Morgan fingerprint density at radius 2 is 1.69 bits per heavy atom. The van der Waals surface area contributed by atoms with Gasteiger partial charge in [0.25, 0.3) is 5.91 Å². The highest BCUT2D eigenvalue weighted by atomic mass is 16.2. The quantitative estimate of drug-likeness (QED) is 0.609. The highest BCUT2D eigenvalue weighted by molar-refractivity contribution is 6.03. The summed E-state index contributed by atoms with van der Waals surface area (Å²) in [5.74, 6) is 0.159. The van der Waals surface area contributed by atoms with Crippen molar-refractivity contribution in [2.24, 2.45) is 0 Å². The van der Waals surface area contributed by atoms with Gasteiger partial charge in [-0.15, -0.1) is 0 Å². The Morgan fingerprint density at radius 1 is 1.00 bits per heavy atom. The molecular formula is C23H24N4O2. The maximum Gasteiger partial charge on any atom is 0.274 e. The fourth-order valence-corrected chi connectivity index (χ4v) is 2.86. The van der Waals surface area contributed by atoms with Crippen LogP contribution in [0.15, 0.2) is 66.9 Å². The van der Waals surface area contributed by atoms with Gasteiger partial charge in [-0.25, -0.2) is 9.97 Å². The maximum absolute atomic E-state index is 12.6. The van der Waals surface area contributed by atoms with Gasteiger partial charge in [-0.05, 0) is 56.7 Å². The molecule has 0 unspecified atom stereocenters. The Balaban J connectivity index is 1.78. The molecule has 1 heterocycles. The van der Waals surface area contributed by atoms with E-state index in [4.69, 9.17) is 0 Å². The first kappa shape index (κ1) is 20.2. The van der Waals surface area contributed by atoms with E-state index in [1.807, 2.05) is 23.1 Å². The van der Waals surface area contributed by atoms with Crippen LogP contribution in [0.2, 0.25) is 0 Å². The van der Waals surface area contributed by atoms with Crippen LogP contribution in [-0.2, 0) is 6.54 Å². The second kappa shape index (κ2) is 9.10. The molecule has 0 spiro atoms. The van der Waals surface area contributed by atoms with Gasteiger partial charge in [-0.3, -0.25) is 9.59 Å². The predicted octanol–water partition coefficient (Wildman–Crippen LogP) is 4.35. The molecule has 6 nitrogen and oxygen atoms in total.